The largest absolute Gasteiger partial charge is 0.302 e. The van der Waals surface area contributed by atoms with Crippen molar-refractivity contribution in [2.24, 2.45) is 7.05 Å². The first-order valence-corrected chi connectivity index (χ1v) is 8.44. The number of fused-ring (bicyclic) bond motifs is 5. The quantitative estimate of drug-likeness (QED) is 0.425. The summed E-state index contributed by atoms with van der Waals surface area (Å²) < 4.78 is 27.5. The molecule has 0 fully saturated rings. The zero-order chi connectivity index (χ0) is 19.6. The smallest absolute Gasteiger partial charge is 0.218 e. The van der Waals surface area contributed by atoms with Gasteiger partial charge in [-0.25, -0.2) is 4.98 Å². The summed E-state index contributed by atoms with van der Waals surface area (Å²) in [6, 6.07) is 13.8. The SMILES string of the molecule is [2H]C([2H])([2H])c1ccc(-c2c3c(c4ccccc4[n+]2C)-n2ccnc2C3)c(C)c1. The van der Waals surface area contributed by atoms with Crippen molar-refractivity contribution in [2.45, 2.75) is 20.2 Å². The van der Waals surface area contributed by atoms with Crippen LogP contribution in [-0.4, -0.2) is 9.55 Å². The fourth-order valence-corrected chi connectivity index (χ4v) is 4.11. The van der Waals surface area contributed by atoms with Gasteiger partial charge in [-0.05, 0) is 31.5 Å². The highest BCUT2D eigenvalue weighted by Crippen LogP contribution is 2.38. The van der Waals surface area contributed by atoms with E-state index in [9.17, 15) is 0 Å². The summed E-state index contributed by atoms with van der Waals surface area (Å²) in [5.41, 5.74) is 7.06. The van der Waals surface area contributed by atoms with Crippen LogP contribution in [-0.2, 0) is 13.5 Å². The Bertz CT molecular complexity index is 1250. The molecule has 3 heterocycles. The maximum Gasteiger partial charge on any atom is 0.218 e. The predicted molar refractivity (Wildman–Crippen MR) is 100.0 cm³/mol. The Balaban J connectivity index is 1.85. The molecule has 1 aliphatic rings. The van der Waals surface area contributed by atoms with Crippen molar-refractivity contribution in [3.05, 3.63) is 77.4 Å². The number of hydrogen-bond donors (Lipinski definition) is 0. The number of nitrogens with zero attached hydrogens (tertiary/aromatic N) is 3. The van der Waals surface area contributed by atoms with Gasteiger partial charge in [0.25, 0.3) is 0 Å². The molecule has 25 heavy (non-hydrogen) atoms. The normalized spacial score (nSPS) is 14.7. The van der Waals surface area contributed by atoms with Crippen LogP contribution >= 0.6 is 0 Å². The van der Waals surface area contributed by atoms with Crippen molar-refractivity contribution in [3.8, 4) is 16.9 Å². The van der Waals surface area contributed by atoms with E-state index in [-0.39, 0.29) is 0 Å². The Labute approximate surface area is 151 Å². The van der Waals surface area contributed by atoms with Gasteiger partial charge < -0.3 is 4.57 Å². The van der Waals surface area contributed by atoms with E-state index in [1.54, 1.807) is 12.1 Å². The summed E-state index contributed by atoms with van der Waals surface area (Å²) in [5.74, 6) is 1.03. The van der Waals surface area contributed by atoms with Crippen LogP contribution in [0.25, 0.3) is 27.8 Å². The van der Waals surface area contributed by atoms with Crippen molar-refractivity contribution in [1.82, 2.24) is 9.55 Å². The molecular formula is C22H20N3+. The molecule has 0 N–H and O–H groups in total. The first kappa shape index (κ1) is 11.6. The number of aromatic nitrogens is 3. The number of aryl methyl sites for hydroxylation is 3. The van der Waals surface area contributed by atoms with E-state index in [4.69, 9.17) is 4.11 Å². The molecule has 0 saturated heterocycles. The molecule has 1 aliphatic heterocycles. The minimum atomic E-state index is -2.10. The van der Waals surface area contributed by atoms with Crippen molar-refractivity contribution >= 4 is 10.9 Å². The highest BCUT2D eigenvalue weighted by molar-refractivity contribution is 5.91. The van der Waals surface area contributed by atoms with E-state index >= 15 is 0 Å². The molecule has 2 aromatic heterocycles. The van der Waals surface area contributed by atoms with Gasteiger partial charge in [0, 0.05) is 34.6 Å². The second-order valence-electron chi connectivity index (χ2n) is 6.67. The molecule has 3 nitrogen and oxygen atoms in total. The summed E-state index contributed by atoms with van der Waals surface area (Å²) in [6.45, 7) is -0.112. The number of benzene rings is 2. The molecular weight excluding hydrogens is 306 g/mol. The van der Waals surface area contributed by atoms with Gasteiger partial charge in [0.1, 0.15) is 12.9 Å². The fourth-order valence-electron chi connectivity index (χ4n) is 4.11. The molecule has 122 valence electrons. The lowest BCUT2D eigenvalue weighted by molar-refractivity contribution is -0.633. The Kier molecular flexibility index (Phi) is 2.33. The molecule has 0 atom stereocenters. The molecule has 0 aliphatic carbocycles. The van der Waals surface area contributed by atoms with Gasteiger partial charge in [-0.3, -0.25) is 0 Å². The van der Waals surface area contributed by atoms with Crippen molar-refractivity contribution in [2.75, 3.05) is 0 Å². The second kappa shape index (κ2) is 5.03. The lowest BCUT2D eigenvalue weighted by Gasteiger charge is -2.13. The van der Waals surface area contributed by atoms with Gasteiger partial charge in [0.05, 0.1) is 16.6 Å². The van der Waals surface area contributed by atoms with E-state index in [1.165, 1.54) is 16.6 Å². The van der Waals surface area contributed by atoms with E-state index in [0.29, 0.717) is 5.56 Å². The Morgan fingerprint density at radius 1 is 1.20 bits per heavy atom. The Morgan fingerprint density at radius 3 is 2.92 bits per heavy atom. The molecule has 0 amide bonds. The molecule has 0 radical (unpaired) electrons. The monoisotopic (exact) mass is 329 g/mol. The predicted octanol–water partition coefficient (Wildman–Crippen LogP) is 4.04. The van der Waals surface area contributed by atoms with Crippen LogP contribution in [0.1, 0.15) is 26.6 Å². The zero-order valence-electron chi connectivity index (χ0n) is 17.2. The molecule has 0 unspecified atom stereocenters. The Morgan fingerprint density at radius 2 is 2.08 bits per heavy atom. The molecule has 0 bridgehead atoms. The average molecular weight is 329 g/mol. The number of para-hydroxylation sites is 1. The second-order valence-corrected chi connectivity index (χ2v) is 6.67. The third-order valence-electron chi connectivity index (χ3n) is 5.20. The molecule has 2 aromatic carbocycles. The summed E-state index contributed by atoms with van der Waals surface area (Å²) >= 11 is 0. The van der Waals surface area contributed by atoms with Crippen LogP contribution in [0.15, 0.2) is 54.9 Å². The van der Waals surface area contributed by atoms with Crippen LogP contribution in [0.4, 0.5) is 0 Å². The third kappa shape index (κ3) is 1.92. The van der Waals surface area contributed by atoms with E-state index < -0.39 is 6.85 Å². The zero-order valence-corrected chi connectivity index (χ0v) is 14.2. The molecule has 3 heteroatoms. The molecule has 5 rings (SSSR count). The van der Waals surface area contributed by atoms with Gasteiger partial charge >= 0.3 is 0 Å². The van der Waals surface area contributed by atoms with Crippen LogP contribution in [0.3, 0.4) is 0 Å². The maximum absolute atomic E-state index is 7.70. The minimum Gasteiger partial charge on any atom is -0.302 e. The van der Waals surface area contributed by atoms with Gasteiger partial charge in [0.2, 0.25) is 11.2 Å². The topological polar surface area (TPSA) is 21.7 Å². The lowest BCUT2D eigenvalue weighted by Crippen LogP contribution is -2.34. The minimum absolute atomic E-state index is 0.377. The van der Waals surface area contributed by atoms with Crippen LogP contribution in [0.5, 0.6) is 0 Å². The van der Waals surface area contributed by atoms with Crippen LogP contribution < -0.4 is 4.57 Å². The summed E-state index contributed by atoms with van der Waals surface area (Å²) in [4.78, 5) is 4.53. The lowest BCUT2D eigenvalue weighted by atomic mass is 9.95. The number of imidazole rings is 1. The van der Waals surface area contributed by atoms with Crippen molar-refractivity contribution in [3.63, 3.8) is 0 Å². The molecule has 4 aromatic rings. The van der Waals surface area contributed by atoms with Gasteiger partial charge in [-0.1, -0.05) is 29.8 Å². The maximum atomic E-state index is 7.70. The van der Waals surface area contributed by atoms with Crippen LogP contribution in [0, 0.1) is 13.8 Å². The number of hydrogen-bond acceptors (Lipinski definition) is 1. The number of pyridine rings is 1. The average Bonchev–Trinajstić information content (AvgIpc) is 3.23. The van der Waals surface area contributed by atoms with Gasteiger partial charge in [-0.2, -0.15) is 4.57 Å². The van der Waals surface area contributed by atoms with Gasteiger partial charge in [0.15, 0.2) is 0 Å². The summed E-state index contributed by atoms with van der Waals surface area (Å²) in [5, 5.41) is 1.19. The highest BCUT2D eigenvalue weighted by Gasteiger charge is 2.32. The first-order chi connectivity index (χ1) is 13.4. The Hall–Kier alpha value is -2.94. The van der Waals surface area contributed by atoms with E-state index in [1.807, 2.05) is 31.5 Å². The van der Waals surface area contributed by atoms with E-state index in [0.717, 1.165) is 34.6 Å². The highest BCUT2D eigenvalue weighted by atomic mass is 15.1. The van der Waals surface area contributed by atoms with Crippen molar-refractivity contribution in [1.29, 1.82) is 0 Å². The molecule has 0 saturated carbocycles. The van der Waals surface area contributed by atoms with Crippen LogP contribution in [0.2, 0.25) is 0 Å². The standard InChI is InChI=1S/C22H20N3/c1-14-8-9-16(15(2)12-14)21-18-13-20-23-10-11-25(20)22(18)17-6-4-5-7-19(17)24(21)3/h4-12H,13H2,1-3H3/q+1/i1D3. The van der Waals surface area contributed by atoms with Crippen molar-refractivity contribution < 1.29 is 8.68 Å². The number of rotatable bonds is 1. The molecule has 0 spiro atoms. The third-order valence-corrected chi connectivity index (χ3v) is 5.20. The van der Waals surface area contributed by atoms with E-state index in [2.05, 4.69) is 39.4 Å². The summed E-state index contributed by atoms with van der Waals surface area (Å²) in [7, 11) is 2.08. The fraction of sp³-hybridized carbons (Fsp3) is 0.182. The first-order valence-electron chi connectivity index (χ1n) is 9.94. The van der Waals surface area contributed by atoms with Gasteiger partial charge in [-0.15, -0.1) is 0 Å². The summed E-state index contributed by atoms with van der Waals surface area (Å²) in [6.07, 6.45) is 4.62.